The van der Waals surface area contributed by atoms with E-state index in [4.69, 9.17) is 15.9 Å². The van der Waals surface area contributed by atoms with E-state index in [1.807, 2.05) is 18.2 Å². The molecule has 2 N–H and O–H groups in total. The van der Waals surface area contributed by atoms with Gasteiger partial charge in [-0.2, -0.15) is 0 Å². The van der Waals surface area contributed by atoms with Crippen molar-refractivity contribution in [2.45, 2.75) is 45.2 Å². The predicted molar refractivity (Wildman–Crippen MR) is 115 cm³/mol. The highest BCUT2D eigenvalue weighted by atomic mass is 16.5. The average molecular weight is 387 g/mol. The summed E-state index contributed by atoms with van der Waals surface area (Å²) < 4.78 is 10.9. The summed E-state index contributed by atoms with van der Waals surface area (Å²) in [4.78, 5) is 6.90. The van der Waals surface area contributed by atoms with Crippen molar-refractivity contribution in [1.29, 1.82) is 0 Å². The molecule has 1 aromatic carbocycles. The number of hydrogen-bond acceptors (Lipinski definition) is 4. The minimum atomic E-state index is 0.214. The molecular formula is C22H34N4O2. The number of aliphatic imine (C=N–C) groups is 1. The number of nitrogens with one attached hydrogen (secondary N) is 2. The fourth-order valence-corrected chi connectivity index (χ4v) is 3.45. The van der Waals surface area contributed by atoms with Crippen LogP contribution in [0.5, 0.6) is 11.5 Å². The zero-order valence-electron chi connectivity index (χ0n) is 17.5. The number of likely N-dealkylation sites (tertiary alicyclic amines) is 1. The normalized spacial score (nSPS) is 17.6. The van der Waals surface area contributed by atoms with Crippen molar-refractivity contribution in [3.05, 3.63) is 23.8 Å². The highest BCUT2D eigenvalue weighted by Crippen LogP contribution is 2.27. The molecule has 28 heavy (non-hydrogen) atoms. The van der Waals surface area contributed by atoms with E-state index in [9.17, 15) is 0 Å². The Morgan fingerprint density at radius 2 is 2.18 bits per heavy atom. The molecule has 154 valence electrons. The van der Waals surface area contributed by atoms with Crippen LogP contribution in [-0.4, -0.2) is 57.3 Å². The van der Waals surface area contributed by atoms with Gasteiger partial charge in [-0.15, -0.1) is 6.42 Å². The van der Waals surface area contributed by atoms with Gasteiger partial charge in [-0.25, -0.2) is 0 Å². The lowest BCUT2D eigenvalue weighted by Crippen LogP contribution is -2.41. The Bertz CT molecular complexity index is 669. The summed E-state index contributed by atoms with van der Waals surface area (Å²) in [5, 5.41) is 6.74. The van der Waals surface area contributed by atoms with Gasteiger partial charge in [0.1, 0.15) is 6.61 Å². The van der Waals surface area contributed by atoms with Crippen LogP contribution in [0.4, 0.5) is 0 Å². The van der Waals surface area contributed by atoms with Crippen molar-refractivity contribution in [3.63, 3.8) is 0 Å². The number of rotatable bonds is 9. The number of terminal acetylenes is 1. The van der Waals surface area contributed by atoms with Crippen molar-refractivity contribution >= 4 is 5.96 Å². The fraction of sp³-hybridized carbons (Fsp3) is 0.591. The minimum absolute atomic E-state index is 0.214. The number of methoxy groups -OCH3 is 1. The third-order valence-electron chi connectivity index (χ3n) is 5.08. The maximum atomic E-state index is 5.56. The SMILES string of the molecule is C#CCOc1cc(CNC(=NC)NCCCN2CCCCC2C)ccc1OC. The Morgan fingerprint density at radius 3 is 2.89 bits per heavy atom. The molecule has 1 aliphatic rings. The number of hydrogen-bond donors (Lipinski definition) is 2. The lowest BCUT2D eigenvalue weighted by Gasteiger charge is -2.33. The molecule has 2 rings (SSSR count). The lowest BCUT2D eigenvalue weighted by atomic mass is 10.0. The second-order valence-electron chi connectivity index (χ2n) is 7.06. The second kappa shape index (κ2) is 12.1. The van der Waals surface area contributed by atoms with Crippen LogP contribution in [0.2, 0.25) is 0 Å². The van der Waals surface area contributed by atoms with Gasteiger partial charge in [0.05, 0.1) is 7.11 Å². The van der Waals surface area contributed by atoms with E-state index in [1.165, 1.54) is 25.8 Å². The van der Waals surface area contributed by atoms with Crippen LogP contribution < -0.4 is 20.1 Å². The first kappa shape index (κ1) is 21.9. The number of ether oxygens (including phenoxy) is 2. The van der Waals surface area contributed by atoms with Crippen LogP contribution in [0.3, 0.4) is 0 Å². The van der Waals surface area contributed by atoms with Crippen LogP contribution in [0, 0.1) is 12.3 Å². The lowest BCUT2D eigenvalue weighted by molar-refractivity contribution is 0.159. The molecular weight excluding hydrogens is 352 g/mol. The summed E-state index contributed by atoms with van der Waals surface area (Å²) in [7, 11) is 3.41. The highest BCUT2D eigenvalue weighted by molar-refractivity contribution is 5.79. The topological polar surface area (TPSA) is 58.1 Å². The largest absolute Gasteiger partial charge is 0.493 e. The van der Waals surface area contributed by atoms with Crippen molar-refractivity contribution in [2.75, 3.05) is 40.4 Å². The Kier molecular flexibility index (Phi) is 9.50. The molecule has 1 saturated heterocycles. The van der Waals surface area contributed by atoms with E-state index >= 15 is 0 Å². The first-order valence-corrected chi connectivity index (χ1v) is 10.1. The van der Waals surface area contributed by atoms with E-state index in [0.29, 0.717) is 24.1 Å². The highest BCUT2D eigenvalue weighted by Gasteiger charge is 2.17. The molecule has 1 aliphatic heterocycles. The van der Waals surface area contributed by atoms with E-state index < -0.39 is 0 Å². The third-order valence-corrected chi connectivity index (χ3v) is 5.08. The average Bonchev–Trinajstić information content (AvgIpc) is 2.73. The van der Waals surface area contributed by atoms with Gasteiger partial charge in [-0.05, 0) is 50.4 Å². The van der Waals surface area contributed by atoms with Crippen LogP contribution >= 0.6 is 0 Å². The summed E-state index contributed by atoms with van der Waals surface area (Å²) in [5.41, 5.74) is 1.07. The van der Waals surface area contributed by atoms with Gasteiger partial charge in [0.25, 0.3) is 0 Å². The molecule has 0 saturated carbocycles. The first-order valence-electron chi connectivity index (χ1n) is 10.1. The molecule has 0 aromatic heterocycles. The second-order valence-corrected chi connectivity index (χ2v) is 7.06. The molecule has 1 heterocycles. The molecule has 1 unspecified atom stereocenters. The van der Waals surface area contributed by atoms with Gasteiger partial charge < -0.3 is 25.0 Å². The molecule has 0 bridgehead atoms. The van der Waals surface area contributed by atoms with Crippen LogP contribution in [0.25, 0.3) is 0 Å². The Labute approximate surface area is 169 Å². The zero-order valence-corrected chi connectivity index (χ0v) is 17.5. The van der Waals surface area contributed by atoms with Crippen molar-refractivity contribution in [1.82, 2.24) is 15.5 Å². The van der Waals surface area contributed by atoms with Gasteiger partial charge in [-0.1, -0.05) is 18.4 Å². The van der Waals surface area contributed by atoms with Crippen molar-refractivity contribution < 1.29 is 9.47 Å². The molecule has 6 nitrogen and oxygen atoms in total. The quantitative estimate of drug-likeness (QED) is 0.296. The van der Waals surface area contributed by atoms with Gasteiger partial charge in [0, 0.05) is 32.7 Å². The Hall–Kier alpha value is -2.39. The third kappa shape index (κ3) is 6.97. The summed E-state index contributed by atoms with van der Waals surface area (Å²) >= 11 is 0. The van der Waals surface area contributed by atoms with Gasteiger partial charge >= 0.3 is 0 Å². The van der Waals surface area contributed by atoms with E-state index in [0.717, 1.165) is 31.0 Å². The number of benzene rings is 1. The first-order chi connectivity index (χ1) is 13.7. The van der Waals surface area contributed by atoms with Gasteiger partial charge in [0.2, 0.25) is 0 Å². The summed E-state index contributed by atoms with van der Waals surface area (Å²) in [6.07, 6.45) is 10.4. The molecule has 1 atom stereocenters. The molecule has 6 heteroatoms. The molecule has 0 spiro atoms. The van der Waals surface area contributed by atoms with Crippen LogP contribution in [0.15, 0.2) is 23.2 Å². The molecule has 0 radical (unpaired) electrons. The van der Waals surface area contributed by atoms with Crippen molar-refractivity contribution in [2.24, 2.45) is 4.99 Å². The minimum Gasteiger partial charge on any atom is -0.493 e. The number of guanidine groups is 1. The smallest absolute Gasteiger partial charge is 0.191 e. The summed E-state index contributed by atoms with van der Waals surface area (Å²) in [5.74, 6) is 4.60. The predicted octanol–water partition coefficient (Wildman–Crippen LogP) is 2.64. The molecule has 1 fully saturated rings. The van der Waals surface area contributed by atoms with Crippen LogP contribution in [-0.2, 0) is 6.54 Å². The monoisotopic (exact) mass is 386 g/mol. The van der Waals surface area contributed by atoms with E-state index in [1.54, 1.807) is 14.2 Å². The number of piperidine rings is 1. The molecule has 1 aromatic rings. The Balaban J connectivity index is 1.76. The van der Waals surface area contributed by atoms with E-state index in [-0.39, 0.29) is 6.61 Å². The zero-order chi connectivity index (χ0) is 20.2. The van der Waals surface area contributed by atoms with Crippen LogP contribution in [0.1, 0.15) is 38.2 Å². The standard InChI is InChI=1S/C22H34N4O2/c1-5-15-28-21-16-19(10-11-20(21)27-4)17-25-22(23-3)24-12-8-14-26-13-7-6-9-18(26)2/h1,10-11,16,18H,6-9,12-15,17H2,2-4H3,(H2,23,24,25). The maximum absolute atomic E-state index is 5.56. The van der Waals surface area contributed by atoms with Gasteiger partial charge in [-0.3, -0.25) is 4.99 Å². The molecule has 0 aliphatic carbocycles. The van der Waals surface area contributed by atoms with E-state index in [2.05, 4.69) is 33.4 Å². The summed E-state index contributed by atoms with van der Waals surface area (Å²) in [6.45, 7) is 6.46. The van der Waals surface area contributed by atoms with Gasteiger partial charge in [0.15, 0.2) is 17.5 Å². The maximum Gasteiger partial charge on any atom is 0.191 e. The van der Waals surface area contributed by atoms with Crippen molar-refractivity contribution in [3.8, 4) is 23.8 Å². The Morgan fingerprint density at radius 1 is 1.32 bits per heavy atom. The molecule has 0 amide bonds. The fourth-order valence-electron chi connectivity index (χ4n) is 3.45. The summed E-state index contributed by atoms with van der Waals surface area (Å²) in [6, 6.07) is 6.54. The number of nitrogens with zero attached hydrogens (tertiary/aromatic N) is 2.